The lowest BCUT2D eigenvalue weighted by molar-refractivity contribution is 0.332. The molecule has 1 aliphatic carbocycles. The van der Waals surface area contributed by atoms with Crippen molar-refractivity contribution in [3.8, 4) is 0 Å². The zero-order chi connectivity index (χ0) is 13.2. The molecule has 3 rings (SSSR count). The van der Waals surface area contributed by atoms with E-state index < -0.39 is 0 Å². The van der Waals surface area contributed by atoms with Gasteiger partial charge in [-0.3, -0.25) is 0 Å². The maximum absolute atomic E-state index is 5.89. The first-order valence-corrected chi connectivity index (χ1v) is 7.77. The van der Waals surface area contributed by atoms with E-state index in [1.807, 2.05) is 0 Å². The van der Waals surface area contributed by atoms with Crippen molar-refractivity contribution in [3.63, 3.8) is 0 Å². The van der Waals surface area contributed by atoms with Crippen molar-refractivity contribution in [3.05, 3.63) is 17.3 Å². The third-order valence-electron chi connectivity index (χ3n) is 3.99. The number of nitrogens with zero attached hydrogens (tertiary/aromatic N) is 2. The number of hydrogen-bond acceptors (Lipinski definition) is 5. The molecule has 102 valence electrons. The minimum absolute atomic E-state index is 0.456. The molecule has 2 atom stereocenters. The number of fused-ring (bicyclic) bond motifs is 1. The van der Waals surface area contributed by atoms with Crippen LogP contribution in [0.5, 0.6) is 0 Å². The van der Waals surface area contributed by atoms with Crippen LogP contribution in [-0.2, 0) is 0 Å². The van der Waals surface area contributed by atoms with Crippen LogP contribution in [0.25, 0.3) is 10.2 Å². The van der Waals surface area contributed by atoms with Crippen LogP contribution in [0.3, 0.4) is 0 Å². The highest BCUT2D eigenvalue weighted by Crippen LogP contribution is 2.31. The van der Waals surface area contributed by atoms with Crippen molar-refractivity contribution in [1.29, 1.82) is 0 Å². The molecule has 4 nitrogen and oxygen atoms in total. The summed E-state index contributed by atoms with van der Waals surface area (Å²) in [5.74, 6) is 1.54. The minimum Gasteiger partial charge on any atom is -0.366 e. The monoisotopic (exact) mass is 276 g/mol. The molecule has 19 heavy (non-hydrogen) atoms. The number of aryl methyl sites for hydroxylation is 1. The molecular formula is C14H20N4S. The van der Waals surface area contributed by atoms with Crippen molar-refractivity contribution in [2.24, 2.45) is 11.7 Å². The molecule has 1 saturated carbocycles. The number of rotatable bonds is 3. The van der Waals surface area contributed by atoms with Crippen LogP contribution in [0.2, 0.25) is 0 Å². The lowest BCUT2D eigenvalue weighted by Gasteiger charge is -2.31. The lowest BCUT2D eigenvalue weighted by atomic mass is 9.84. The van der Waals surface area contributed by atoms with Gasteiger partial charge in [-0.05, 0) is 38.3 Å². The van der Waals surface area contributed by atoms with Crippen LogP contribution >= 0.6 is 11.3 Å². The van der Waals surface area contributed by atoms with E-state index in [0.717, 1.165) is 22.6 Å². The molecule has 2 heterocycles. The van der Waals surface area contributed by atoms with Gasteiger partial charge < -0.3 is 11.1 Å². The van der Waals surface area contributed by atoms with Crippen molar-refractivity contribution in [2.75, 3.05) is 11.9 Å². The highest BCUT2D eigenvalue weighted by Gasteiger charge is 2.24. The third-order valence-corrected chi connectivity index (χ3v) is 4.95. The molecule has 0 aromatic carbocycles. The van der Waals surface area contributed by atoms with E-state index in [1.54, 1.807) is 17.7 Å². The van der Waals surface area contributed by atoms with Crippen LogP contribution in [0.1, 0.15) is 30.6 Å². The topological polar surface area (TPSA) is 63.8 Å². The van der Waals surface area contributed by atoms with Crippen LogP contribution in [0.15, 0.2) is 12.4 Å². The van der Waals surface area contributed by atoms with E-state index in [9.17, 15) is 0 Å². The Labute approximate surface area is 117 Å². The van der Waals surface area contributed by atoms with Crippen LogP contribution in [0.4, 0.5) is 5.82 Å². The van der Waals surface area contributed by atoms with E-state index in [-0.39, 0.29) is 0 Å². The first-order valence-electron chi connectivity index (χ1n) is 6.95. The highest BCUT2D eigenvalue weighted by molar-refractivity contribution is 7.18. The van der Waals surface area contributed by atoms with Crippen LogP contribution in [0, 0.1) is 12.8 Å². The molecule has 0 amide bonds. The number of nitrogens with two attached hydrogens (primary N) is 1. The predicted octanol–water partition coefficient (Wildman–Crippen LogP) is 2.93. The normalized spacial score (nSPS) is 23.7. The quantitative estimate of drug-likeness (QED) is 0.904. The molecule has 1 aliphatic rings. The van der Waals surface area contributed by atoms with Crippen molar-refractivity contribution < 1.29 is 0 Å². The van der Waals surface area contributed by atoms with E-state index in [1.165, 1.54) is 30.6 Å². The van der Waals surface area contributed by atoms with Crippen LogP contribution < -0.4 is 11.1 Å². The van der Waals surface area contributed by atoms with Gasteiger partial charge in [0.25, 0.3) is 0 Å². The molecule has 2 aromatic heterocycles. The zero-order valence-corrected chi connectivity index (χ0v) is 12.0. The molecule has 0 radical (unpaired) electrons. The average Bonchev–Trinajstić information content (AvgIpc) is 2.81. The van der Waals surface area contributed by atoms with Gasteiger partial charge in [0.2, 0.25) is 0 Å². The Morgan fingerprint density at radius 2 is 2.21 bits per heavy atom. The number of aromatic nitrogens is 2. The van der Waals surface area contributed by atoms with E-state index in [0.29, 0.717) is 12.0 Å². The van der Waals surface area contributed by atoms with Crippen molar-refractivity contribution >= 4 is 27.4 Å². The Bertz CT molecular complexity index is 566. The predicted molar refractivity (Wildman–Crippen MR) is 80.6 cm³/mol. The third kappa shape index (κ3) is 2.58. The summed E-state index contributed by atoms with van der Waals surface area (Å²) in [6.07, 6.45) is 6.66. The second-order valence-electron chi connectivity index (χ2n) is 5.33. The summed E-state index contributed by atoms with van der Waals surface area (Å²) in [4.78, 5) is 11.1. The Balaban J connectivity index is 1.87. The van der Waals surface area contributed by atoms with Gasteiger partial charge in [0.15, 0.2) is 0 Å². The van der Waals surface area contributed by atoms with Gasteiger partial charge in [0, 0.05) is 10.9 Å². The maximum Gasteiger partial charge on any atom is 0.138 e. The van der Waals surface area contributed by atoms with Crippen molar-refractivity contribution in [1.82, 2.24) is 9.97 Å². The van der Waals surface area contributed by atoms with E-state index in [2.05, 4.69) is 28.3 Å². The molecule has 0 bridgehead atoms. The van der Waals surface area contributed by atoms with E-state index in [4.69, 9.17) is 5.73 Å². The molecule has 1 fully saturated rings. The van der Waals surface area contributed by atoms with Gasteiger partial charge in [-0.1, -0.05) is 12.8 Å². The second kappa shape index (κ2) is 5.43. The number of thiophene rings is 1. The van der Waals surface area contributed by atoms with Gasteiger partial charge in [0.05, 0.1) is 5.39 Å². The summed E-state index contributed by atoms with van der Waals surface area (Å²) < 4.78 is 0. The Hall–Kier alpha value is -1.20. The standard InChI is InChI=1S/C14H20N4S/c1-9-6-11-13(16-8-17-14(11)19-9)18-12-5-3-2-4-10(12)7-15/h6,8,10,12H,2-5,7,15H2,1H3,(H,16,17,18). The smallest absolute Gasteiger partial charge is 0.138 e. The fourth-order valence-electron chi connectivity index (χ4n) is 2.95. The first-order chi connectivity index (χ1) is 9.28. The number of nitrogens with one attached hydrogen (secondary N) is 1. The molecule has 0 spiro atoms. The van der Waals surface area contributed by atoms with E-state index >= 15 is 0 Å². The van der Waals surface area contributed by atoms with Crippen molar-refractivity contribution in [2.45, 2.75) is 38.6 Å². The maximum atomic E-state index is 5.89. The van der Waals surface area contributed by atoms with Gasteiger partial charge in [-0.2, -0.15) is 0 Å². The van der Waals surface area contributed by atoms with Gasteiger partial charge in [-0.15, -0.1) is 11.3 Å². The molecule has 0 saturated heterocycles. The minimum atomic E-state index is 0.456. The van der Waals surface area contributed by atoms with Crippen LogP contribution in [-0.4, -0.2) is 22.6 Å². The molecule has 5 heteroatoms. The Morgan fingerprint density at radius 1 is 1.37 bits per heavy atom. The summed E-state index contributed by atoms with van der Waals surface area (Å²) in [5.41, 5.74) is 5.89. The average molecular weight is 276 g/mol. The summed E-state index contributed by atoms with van der Waals surface area (Å²) in [7, 11) is 0. The SMILES string of the molecule is Cc1cc2c(NC3CCCCC3CN)ncnc2s1. The molecule has 3 N–H and O–H groups in total. The summed E-state index contributed by atoms with van der Waals surface area (Å²) in [6.45, 7) is 2.87. The molecule has 2 aromatic rings. The first kappa shape index (κ1) is 12.8. The van der Waals surface area contributed by atoms with Gasteiger partial charge in [-0.25, -0.2) is 9.97 Å². The zero-order valence-electron chi connectivity index (χ0n) is 11.2. The lowest BCUT2D eigenvalue weighted by Crippen LogP contribution is -2.37. The fourth-order valence-corrected chi connectivity index (χ4v) is 3.79. The molecular weight excluding hydrogens is 256 g/mol. The number of hydrogen-bond donors (Lipinski definition) is 2. The van der Waals surface area contributed by atoms with Gasteiger partial charge >= 0.3 is 0 Å². The summed E-state index contributed by atoms with van der Waals surface area (Å²) >= 11 is 1.72. The second-order valence-corrected chi connectivity index (χ2v) is 6.56. The fraction of sp³-hybridized carbons (Fsp3) is 0.571. The van der Waals surface area contributed by atoms with Gasteiger partial charge in [0.1, 0.15) is 17.0 Å². The largest absolute Gasteiger partial charge is 0.366 e. The molecule has 2 unspecified atom stereocenters. The highest BCUT2D eigenvalue weighted by atomic mass is 32.1. The summed E-state index contributed by atoms with van der Waals surface area (Å²) in [5, 5.41) is 4.76. The Kier molecular flexibility index (Phi) is 3.66. The molecule has 0 aliphatic heterocycles. The Morgan fingerprint density at radius 3 is 3.05 bits per heavy atom. The number of anilines is 1. The summed E-state index contributed by atoms with van der Waals surface area (Å²) in [6, 6.07) is 2.62.